The highest BCUT2D eigenvalue weighted by Crippen LogP contribution is 2.22. The molecule has 1 atom stereocenters. The van der Waals surface area contributed by atoms with Gasteiger partial charge in [0.05, 0.1) is 6.04 Å². The number of hydrogen-bond acceptors (Lipinski definition) is 2. The fraction of sp³-hybridized carbons (Fsp3) is 0.118. The van der Waals surface area contributed by atoms with Crippen molar-refractivity contribution in [1.82, 2.24) is 9.55 Å². The summed E-state index contributed by atoms with van der Waals surface area (Å²) in [4.78, 5) is 4.40. The van der Waals surface area contributed by atoms with E-state index >= 15 is 0 Å². The molecule has 0 fully saturated rings. The molecule has 0 bridgehead atoms. The van der Waals surface area contributed by atoms with Crippen molar-refractivity contribution < 1.29 is 0 Å². The summed E-state index contributed by atoms with van der Waals surface area (Å²) in [5.74, 6) is 0.823. The Morgan fingerprint density at radius 3 is 2.48 bits per heavy atom. The highest BCUT2D eigenvalue weighted by molar-refractivity contribution is 6.30. The second-order valence-corrected chi connectivity index (χ2v) is 5.31. The van der Waals surface area contributed by atoms with Gasteiger partial charge in [0.25, 0.3) is 0 Å². The minimum absolute atomic E-state index is 0.145. The van der Waals surface area contributed by atoms with E-state index in [-0.39, 0.29) is 6.04 Å². The van der Waals surface area contributed by atoms with Crippen LogP contribution < -0.4 is 5.32 Å². The number of nitrogens with zero attached hydrogens (tertiary/aromatic N) is 2. The van der Waals surface area contributed by atoms with Gasteiger partial charge in [0.2, 0.25) is 5.95 Å². The molecule has 0 saturated carbocycles. The van der Waals surface area contributed by atoms with Gasteiger partial charge in [-0.3, -0.25) is 4.57 Å². The van der Waals surface area contributed by atoms with E-state index in [1.165, 1.54) is 5.56 Å². The summed E-state index contributed by atoms with van der Waals surface area (Å²) in [6.07, 6.45) is 3.75. The van der Waals surface area contributed by atoms with Crippen LogP contribution in [0.15, 0.2) is 67.0 Å². The molecule has 1 unspecified atom stereocenters. The summed E-state index contributed by atoms with van der Waals surface area (Å²) in [6, 6.07) is 18.1. The molecule has 4 heteroatoms. The highest BCUT2D eigenvalue weighted by Gasteiger charge is 2.10. The number of hydrogen-bond donors (Lipinski definition) is 1. The molecule has 3 nitrogen and oxygen atoms in total. The van der Waals surface area contributed by atoms with Crippen molar-refractivity contribution >= 4 is 17.5 Å². The molecule has 0 aliphatic heterocycles. The van der Waals surface area contributed by atoms with Gasteiger partial charge >= 0.3 is 0 Å². The number of benzene rings is 2. The molecule has 0 aliphatic rings. The maximum atomic E-state index is 5.93. The molecule has 0 saturated heterocycles. The minimum atomic E-state index is 0.145. The van der Waals surface area contributed by atoms with Gasteiger partial charge in [0, 0.05) is 23.1 Å². The summed E-state index contributed by atoms with van der Waals surface area (Å²) >= 11 is 5.93. The Kier molecular flexibility index (Phi) is 3.93. The Morgan fingerprint density at radius 1 is 1.05 bits per heavy atom. The first kappa shape index (κ1) is 13.7. The van der Waals surface area contributed by atoms with Crippen LogP contribution in [0.5, 0.6) is 0 Å². The fourth-order valence-electron chi connectivity index (χ4n) is 2.24. The van der Waals surface area contributed by atoms with Crippen molar-refractivity contribution in [3.63, 3.8) is 0 Å². The third-order valence-electron chi connectivity index (χ3n) is 3.39. The van der Waals surface area contributed by atoms with Gasteiger partial charge in [-0.25, -0.2) is 4.98 Å². The van der Waals surface area contributed by atoms with E-state index in [0.717, 1.165) is 16.7 Å². The first-order chi connectivity index (χ1) is 10.2. The molecule has 21 heavy (non-hydrogen) atoms. The molecule has 1 N–H and O–H groups in total. The molecular weight excluding hydrogens is 282 g/mol. The second kappa shape index (κ2) is 6.02. The largest absolute Gasteiger partial charge is 0.349 e. The normalized spacial score (nSPS) is 12.1. The molecule has 1 heterocycles. The molecule has 1 aromatic heterocycles. The van der Waals surface area contributed by atoms with Crippen molar-refractivity contribution in [3.05, 3.63) is 77.6 Å². The van der Waals surface area contributed by atoms with Crippen LogP contribution in [0.3, 0.4) is 0 Å². The van der Waals surface area contributed by atoms with Crippen LogP contribution in [0.1, 0.15) is 18.5 Å². The summed E-state index contributed by atoms with van der Waals surface area (Å²) in [5.41, 5.74) is 2.25. The minimum Gasteiger partial charge on any atom is -0.349 e. The zero-order valence-electron chi connectivity index (χ0n) is 11.7. The Bertz CT molecular complexity index is 704. The highest BCUT2D eigenvalue weighted by atomic mass is 35.5. The Balaban J connectivity index is 1.83. The van der Waals surface area contributed by atoms with Crippen LogP contribution in [-0.2, 0) is 0 Å². The van der Waals surface area contributed by atoms with Crippen molar-refractivity contribution in [2.24, 2.45) is 0 Å². The number of imidazole rings is 1. The van der Waals surface area contributed by atoms with Gasteiger partial charge < -0.3 is 5.32 Å². The van der Waals surface area contributed by atoms with Gasteiger partial charge in [-0.15, -0.1) is 0 Å². The average Bonchev–Trinajstić information content (AvgIpc) is 2.97. The number of anilines is 1. The summed E-state index contributed by atoms with van der Waals surface area (Å²) in [6.45, 7) is 2.10. The quantitative estimate of drug-likeness (QED) is 0.756. The molecule has 3 aromatic rings. The number of halogens is 1. The third-order valence-corrected chi connectivity index (χ3v) is 3.64. The number of rotatable bonds is 4. The Labute approximate surface area is 129 Å². The van der Waals surface area contributed by atoms with Gasteiger partial charge in [-0.1, -0.05) is 41.9 Å². The van der Waals surface area contributed by atoms with Crippen LogP contribution in [0.2, 0.25) is 5.02 Å². The summed E-state index contributed by atoms with van der Waals surface area (Å²) < 4.78 is 2.03. The van der Waals surface area contributed by atoms with Crippen LogP contribution >= 0.6 is 11.6 Å². The maximum absolute atomic E-state index is 5.93. The summed E-state index contributed by atoms with van der Waals surface area (Å²) in [7, 11) is 0. The Morgan fingerprint density at radius 2 is 1.76 bits per heavy atom. The smallest absolute Gasteiger partial charge is 0.207 e. The zero-order chi connectivity index (χ0) is 14.7. The predicted molar refractivity (Wildman–Crippen MR) is 87.1 cm³/mol. The van der Waals surface area contributed by atoms with Crippen molar-refractivity contribution in [1.29, 1.82) is 0 Å². The van der Waals surface area contributed by atoms with E-state index in [4.69, 9.17) is 11.6 Å². The lowest BCUT2D eigenvalue weighted by Crippen LogP contribution is -2.10. The first-order valence-corrected chi connectivity index (χ1v) is 7.22. The molecular formula is C17H16ClN3. The fourth-order valence-corrected chi connectivity index (χ4v) is 2.36. The number of aromatic nitrogens is 2. The molecule has 0 spiro atoms. The first-order valence-electron chi connectivity index (χ1n) is 6.85. The van der Waals surface area contributed by atoms with Gasteiger partial charge in [-0.2, -0.15) is 0 Å². The number of nitrogens with one attached hydrogen (secondary N) is 1. The molecule has 2 aromatic carbocycles. The lowest BCUT2D eigenvalue weighted by Gasteiger charge is -2.16. The molecule has 0 aliphatic carbocycles. The van der Waals surface area contributed by atoms with E-state index in [1.807, 2.05) is 53.2 Å². The van der Waals surface area contributed by atoms with E-state index < -0.39 is 0 Å². The van der Waals surface area contributed by atoms with Crippen molar-refractivity contribution in [2.45, 2.75) is 13.0 Å². The van der Waals surface area contributed by atoms with E-state index in [2.05, 4.69) is 29.4 Å². The predicted octanol–water partition coefficient (Wildman–Crippen LogP) is 4.70. The van der Waals surface area contributed by atoms with Gasteiger partial charge in [0.1, 0.15) is 0 Å². The molecule has 0 amide bonds. The maximum Gasteiger partial charge on any atom is 0.207 e. The topological polar surface area (TPSA) is 29.9 Å². The lowest BCUT2D eigenvalue weighted by atomic mass is 10.1. The van der Waals surface area contributed by atoms with Crippen LogP contribution in [0.4, 0.5) is 5.95 Å². The Hall–Kier alpha value is -2.26. The van der Waals surface area contributed by atoms with Crippen LogP contribution in [-0.4, -0.2) is 9.55 Å². The monoisotopic (exact) mass is 297 g/mol. The van der Waals surface area contributed by atoms with E-state index in [1.54, 1.807) is 6.20 Å². The standard InChI is InChI=1S/C17H16ClN3/c1-13(14-7-9-15(18)10-8-14)20-17-19-11-12-21(17)16-5-3-2-4-6-16/h2-13H,1H3,(H,19,20). The SMILES string of the molecule is CC(Nc1nccn1-c1ccccc1)c1ccc(Cl)cc1. The van der Waals surface area contributed by atoms with E-state index in [9.17, 15) is 0 Å². The van der Waals surface area contributed by atoms with Crippen molar-refractivity contribution in [2.75, 3.05) is 5.32 Å². The van der Waals surface area contributed by atoms with Gasteiger partial charge in [0.15, 0.2) is 0 Å². The molecule has 3 rings (SSSR count). The van der Waals surface area contributed by atoms with Crippen molar-refractivity contribution in [3.8, 4) is 5.69 Å². The van der Waals surface area contributed by atoms with Crippen LogP contribution in [0.25, 0.3) is 5.69 Å². The number of para-hydroxylation sites is 1. The third kappa shape index (κ3) is 3.09. The molecule has 106 valence electrons. The van der Waals surface area contributed by atoms with Gasteiger partial charge in [-0.05, 0) is 36.8 Å². The van der Waals surface area contributed by atoms with E-state index in [0.29, 0.717) is 0 Å². The molecule has 0 radical (unpaired) electrons. The second-order valence-electron chi connectivity index (χ2n) is 4.87. The lowest BCUT2D eigenvalue weighted by molar-refractivity contribution is 0.851. The average molecular weight is 298 g/mol. The van der Waals surface area contributed by atoms with Crippen LogP contribution in [0, 0.1) is 0 Å². The zero-order valence-corrected chi connectivity index (χ0v) is 12.5. The summed E-state index contributed by atoms with van der Waals surface area (Å²) in [5, 5.41) is 4.18.